The van der Waals surface area contributed by atoms with Crippen LogP contribution in [0, 0.1) is 0 Å². The topological polar surface area (TPSA) is 70.2 Å². The second-order valence-electron chi connectivity index (χ2n) is 5.20. The molecular weight excluding hydrogens is 254 g/mol. The molecule has 110 valence electrons. The molecule has 1 aromatic rings. The van der Waals surface area contributed by atoms with Gasteiger partial charge in [0.25, 0.3) is 5.91 Å². The van der Waals surface area contributed by atoms with Crippen LogP contribution < -0.4 is 10.6 Å². The molecule has 1 amide bonds. The lowest BCUT2D eigenvalue weighted by atomic mass is 10.3. The van der Waals surface area contributed by atoms with Gasteiger partial charge in [-0.2, -0.15) is 0 Å². The number of carbonyl (C=O) groups excluding carboxylic acids is 1. The Bertz CT molecular complexity index is 428. The van der Waals surface area contributed by atoms with Crippen molar-refractivity contribution in [1.82, 2.24) is 20.2 Å². The average molecular weight is 277 g/mol. The van der Waals surface area contributed by atoms with Crippen LogP contribution in [0.25, 0.3) is 0 Å². The molecular formula is C14H23N5O. The molecule has 0 radical (unpaired) electrons. The van der Waals surface area contributed by atoms with Crippen molar-refractivity contribution >= 4 is 11.7 Å². The molecule has 0 aliphatic carbocycles. The zero-order valence-electron chi connectivity index (χ0n) is 12.2. The first-order valence-corrected chi connectivity index (χ1v) is 7.28. The Balaban J connectivity index is 1.83. The molecule has 0 spiro atoms. The van der Waals surface area contributed by atoms with Crippen LogP contribution in [-0.4, -0.2) is 53.0 Å². The summed E-state index contributed by atoms with van der Waals surface area (Å²) in [6, 6.07) is 0.121. The van der Waals surface area contributed by atoms with Crippen molar-refractivity contribution in [2.75, 3.05) is 31.5 Å². The zero-order chi connectivity index (χ0) is 14.4. The number of nitrogens with zero attached hydrogens (tertiary/aromatic N) is 3. The van der Waals surface area contributed by atoms with Crippen LogP contribution in [0.4, 0.5) is 5.82 Å². The SMILES string of the molecule is CCNc1cnc(C(=O)NC(C)CN2CCCC2)cn1. The van der Waals surface area contributed by atoms with Gasteiger partial charge in [-0.3, -0.25) is 4.79 Å². The van der Waals surface area contributed by atoms with Gasteiger partial charge in [-0.1, -0.05) is 0 Å². The third kappa shape index (κ3) is 4.16. The van der Waals surface area contributed by atoms with E-state index in [0.29, 0.717) is 11.5 Å². The van der Waals surface area contributed by atoms with Gasteiger partial charge in [-0.15, -0.1) is 0 Å². The molecule has 2 heterocycles. The minimum absolute atomic E-state index is 0.121. The molecule has 1 fully saturated rings. The van der Waals surface area contributed by atoms with Crippen molar-refractivity contribution in [2.45, 2.75) is 32.7 Å². The second kappa shape index (κ2) is 7.19. The number of nitrogens with one attached hydrogen (secondary N) is 2. The highest BCUT2D eigenvalue weighted by Crippen LogP contribution is 2.08. The Morgan fingerprint density at radius 3 is 2.70 bits per heavy atom. The zero-order valence-corrected chi connectivity index (χ0v) is 12.2. The summed E-state index contributed by atoms with van der Waals surface area (Å²) in [6.45, 7) is 7.97. The van der Waals surface area contributed by atoms with E-state index in [0.717, 1.165) is 26.2 Å². The Hall–Kier alpha value is -1.69. The van der Waals surface area contributed by atoms with E-state index < -0.39 is 0 Å². The molecule has 1 aliphatic rings. The van der Waals surface area contributed by atoms with Crippen LogP contribution in [0.3, 0.4) is 0 Å². The fourth-order valence-electron chi connectivity index (χ4n) is 2.41. The third-order valence-corrected chi connectivity index (χ3v) is 3.35. The first-order chi connectivity index (χ1) is 9.69. The van der Waals surface area contributed by atoms with E-state index in [4.69, 9.17) is 0 Å². The average Bonchev–Trinajstić information content (AvgIpc) is 2.92. The summed E-state index contributed by atoms with van der Waals surface area (Å²) in [5.41, 5.74) is 0.361. The fourth-order valence-corrected chi connectivity index (χ4v) is 2.41. The highest BCUT2D eigenvalue weighted by molar-refractivity contribution is 5.92. The van der Waals surface area contributed by atoms with Crippen molar-refractivity contribution in [1.29, 1.82) is 0 Å². The van der Waals surface area contributed by atoms with Crippen LogP contribution in [0.15, 0.2) is 12.4 Å². The molecule has 20 heavy (non-hydrogen) atoms. The molecule has 1 atom stereocenters. The summed E-state index contributed by atoms with van der Waals surface area (Å²) in [5, 5.41) is 6.02. The first-order valence-electron chi connectivity index (χ1n) is 7.28. The molecule has 1 unspecified atom stereocenters. The molecule has 1 aliphatic heterocycles. The van der Waals surface area contributed by atoms with Gasteiger partial charge < -0.3 is 15.5 Å². The van der Waals surface area contributed by atoms with E-state index in [1.165, 1.54) is 19.0 Å². The summed E-state index contributed by atoms with van der Waals surface area (Å²) < 4.78 is 0. The maximum absolute atomic E-state index is 12.0. The lowest BCUT2D eigenvalue weighted by Crippen LogP contribution is -2.41. The molecule has 0 saturated carbocycles. The minimum atomic E-state index is -0.160. The van der Waals surface area contributed by atoms with Crippen molar-refractivity contribution < 1.29 is 4.79 Å². The van der Waals surface area contributed by atoms with Crippen molar-refractivity contribution in [3.63, 3.8) is 0 Å². The van der Waals surface area contributed by atoms with Crippen molar-refractivity contribution in [3.05, 3.63) is 18.1 Å². The van der Waals surface area contributed by atoms with Gasteiger partial charge in [0.1, 0.15) is 11.5 Å². The van der Waals surface area contributed by atoms with Gasteiger partial charge in [-0.05, 0) is 39.8 Å². The van der Waals surface area contributed by atoms with Crippen LogP contribution in [0.1, 0.15) is 37.2 Å². The summed E-state index contributed by atoms with van der Waals surface area (Å²) in [7, 11) is 0. The van der Waals surface area contributed by atoms with Crippen molar-refractivity contribution in [3.8, 4) is 0 Å². The molecule has 1 aromatic heterocycles. The lowest BCUT2D eigenvalue weighted by Gasteiger charge is -2.20. The van der Waals surface area contributed by atoms with Gasteiger partial charge in [0.2, 0.25) is 0 Å². The van der Waals surface area contributed by atoms with Gasteiger partial charge in [0.15, 0.2) is 0 Å². The number of aromatic nitrogens is 2. The monoisotopic (exact) mass is 277 g/mol. The molecule has 2 N–H and O–H groups in total. The van der Waals surface area contributed by atoms with Crippen LogP contribution >= 0.6 is 0 Å². The minimum Gasteiger partial charge on any atom is -0.369 e. The highest BCUT2D eigenvalue weighted by Gasteiger charge is 2.17. The van der Waals surface area contributed by atoms with Gasteiger partial charge >= 0.3 is 0 Å². The molecule has 6 heteroatoms. The number of hydrogen-bond acceptors (Lipinski definition) is 5. The van der Waals surface area contributed by atoms with Crippen LogP contribution in [0.5, 0.6) is 0 Å². The fraction of sp³-hybridized carbons (Fsp3) is 0.643. The smallest absolute Gasteiger partial charge is 0.271 e. The maximum atomic E-state index is 12.0. The third-order valence-electron chi connectivity index (χ3n) is 3.35. The van der Waals surface area contributed by atoms with Gasteiger partial charge in [0, 0.05) is 19.1 Å². The first kappa shape index (κ1) is 14.7. The number of hydrogen-bond donors (Lipinski definition) is 2. The maximum Gasteiger partial charge on any atom is 0.271 e. The van der Waals surface area contributed by atoms with Crippen LogP contribution in [-0.2, 0) is 0 Å². The number of carbonyl (C=O) groups is 1. The van der Waals surface area contributed by atoms with E-state index in [9.17, 15) is 4.79 Å². The molecule has 0 aromatic carbocycles. The lowest BCUT2D eigenvalue weighted by molar-refractivity contribution is 0.0926. The number of rotatable bonds is 6. The standard InChI is InChI=1S/C14H23N5O/c1-3-15-13-9-16-12(8-17-13)14(20)18-11(2)10-19-6-4-5-7-19/h8-9,11H,3-7,10H2,1-2H3,(H,15,17)(H,18,20). The summed E-state index contributed by atoms with van der Waals surface area (Å²) in [4.78, 5) is 22.7. The summed E-state index contributed by atoms with van der Waals surface area (Å²) in [5.74, 6) is 0.529. The van der Waals surface area contributed by atoms with E-state index >= 15 is 0 Å². The number of amides is 1. The second-order valence-corrected chi connectivity index (χ2v) is 5.20. The predicted octanol–water partition coefficient (Wildman–Crippen LogP) is 1.12. The molecule has 0 bridgehead atoms. The van der Waals surface area contributed by atoms with Crippen molar-refractivity contribution in [2.24, 2.45) is 0 Å². The largest absolute Gasteiger partial charge is 0.369 e. The summed E-state index contributed by atoms with van der Waals surface area (Å²) >= 11 is 0. The molecule has 6 nitrogen and oxygen atoms in total. The quantitative estimate of drug-likeness (QED) is 0.815. The highest BCUT2D eigenvalue weighted by atomic mass is 16.1. The predicted molar refractivity (Wildman–Crippen MR) is 78.8 cm³/mol. The van der Waals surface area contributed by atoms with Gasteiger partial charge in [0.05, 0.1) is 12.4 Å². The number of likely N-dealkylation sites (tertiary alicyclic amines) is 1. The Labute approximate surface area is 120 Å². The van der Waals surface area contributed by atoms with Crippen LogP contribution in [0.2, 0.25) is 0 Å². The Kier molecular flexibility index (Phi) is 5.29. The number of anilines is 1. The molecule has 1 saturated heterocycles. The summed E-state index contributed by atoms with van der Waals surface area (Å²) in [6.07, 6.45) is 5.62. The van der Waals surface area contributed by atoms with E-state index in [2.05, 4.69) is 25.5 Å². The van der Waals surface area contributed by atoms with E-state index in [-0.39, 0.29) is 11.9 Å². The van der Waals surface area contributed by atoms with E-state index in [1.807, 2.05) is 13.8 Å². The molecule has 2 rings (SSSR count). The Morgan fingerprint density at radius 1 is 1.35 bits per heavy atom. The van der Waals surface area contributed by atoms with Gasteiger partial charge in [-0.25, -0.2) is 9.97 Å². The van der Waals surface area contributed by atoms with E-state index in [1.54, 1.807) is 6.20 Å². The normalized spacial score (nSPS) is 16.9. The Morgan fingerprint density at radius 2 is 2.10 bits per heavy atom.